The van der Waals surface area contributed by atoms with Gasteiger partial charge in [-0.25, -0.2) is 4.79 Å². The van der Waals surface area contributed by atoms with Crippen molar-refractivity contribution in [2.45, 2.75) is 0 Å². The van der Waals surface area contributed by atoms with Gasteiger partial charge in [-0.2, -0.15) is 0 Å². The lowest BCUT2D eigenvalue weighted by atomic mass is 10.1. The summed E-state index contributed by atoms with van der Waals surface area (Å²) in [5, 5.41) is 19.5. The van der Waals surface area contributed by atoms with Crippen LogP contribution < -0.4 is 10.6 Å². The number of carbonyl (C=O) groups is 1. The normalized spacial score (nSPS) is 10.7. The zero-order valence-electron chi connectivity index (χ0n) is 13.4. The molecule has 2 amide bonds. The summed E-state index contributed by atoms with van der Waals surface area (Å²) in [6.45, 7) is 0. The Labute approximate surface area is 144 Å². The van der Waals surface area contributed by atoms with E-state index in [0.29, 0.717) is 5.69 Å². The van der Waals surface area contributed by atoms with Gasteiger partial charge in [0.1, 0.15) is 5.75 Å². The highest BCUT2D eigenvalue weighted by atomic mass is 16.3. The van der Waals surface area contributed by atoms with E-state index in [-0.39, 0.29) is 5.75 Å². The van der Waals surface area contributed by atoms with Gasteiger partial charge in [-0.3, -0.25) is 0 Å². The van der Waals surface area contributed by atoms with E-state index in [1.54, 1.807) is 6.07 Å². The van der Waals surface area contributed by atoms with E-state index < -0.39 is 6.03 Å². The lowest BCUT2D eigenvalue weighted by Crippen LogP contribution is -2.19. The van der Waals surface area contributed by atoms with Gasteiger partial charge in [-0.1, -0.05) is 66.7 Å². The first-order valence-electron chi connectivity index (χ1n) is 7.99. The van der Waals surface area contributed by atoms with Gasteiger partial charge in [0.25, 0.3) is 0 Å². The van der Waals surface area contributed by atoms with Crippen LogP contribution in [0.15, 0.2) is 78.9 Å². The summed E-state index contributed by atoms with van der Waals surface area (Å²) >= 11 is 0. The predicted molar refractivity (Wildman–Crippen MR) is 102 cm³/mol. The van der Waals surface area contributed by atoms with Crippen molar-refractivity contribution in [3.05, 3.63) is 78.9 Å². The van der Waals surface area contributed by atoms with E-state index in [2.05, 4.69) is 10.6 Å². The van der Waals surface area contributed by atoms with E-state index in [1.807, 2.05) is 72.8 Å². The molecule has 0 aromatic heterocycles. The molecule has 0 spiro atoms. The molecule has 3 N–H and O–H groups in total. The fraction of sp³-hybridized carbons (Fsp3) is 0. The van der Waals surface area contributed by atoms with Gasteiger partial charge in [-0.05, 0) is 22.9 Å². The molecule has 0 heterocycles. The fourth-order valence-electron chi connectivity index (χ4n) is 2.99. The third-order valence-corrected chi connectivity index (χ3v) is 4.18. The molecule has 0 fully saturated rings. The van der Waals surface area contributed by atoms with Crippen molar-refractivity contribution in [1.29, 1.82) is 0 Å². The van der Waals surface area contributed by atoms with Crippen molar-refractivity contribution < 1.29 is 9.90 Å². The topological polar surface area (TPSA) is 61.4 Å². The lowest BCUT2D eigenvalue weighted by Gasteiger charge is -2.13. The van der Waals surface area contributed by atoms with Crippen LogP contribution in [-0.4, -0.2) is 11.1 Å². The fourth-order valence-corrected chi connectivity index (χ4v) is 2.99. The van der Waals surface area contributed by atoms with E-state index in [4.69, 9.17) is 0 Å². The highest BCUT2D eigenvalue weighted by Crippen LogP contribution is 2.32. The first kappa shape index (κ1) is 15.0. The van der Waals surface area contributed by atoms with Crippen LogP contribution in [0.1, 0.15) is 0 Å². The Morgan fingerprint density at radius 1 is 0.680 bits per heavy atom. The van der Waals surface area contributed by atoms with Crippen LogP contribution in [0.2, 0.25) is 0 Å². The number of benzene rings is 4. The van der Waals surface area contributed by atoms with Crippen molar-refractivity contribution in [3.63, 3.8) is 0 Å². The summed E-state index contributed by atoms with van der Waals surface area (Å²) in [4.78, 5) is 12.5. The average Bonchev–Trinajstić information content (AvgIpc) is 2.64. The summed E-state index contributed by atoms with van der Waals surface area (Å²) in [6.07, 6.45) is 0. The third-order valence-electron chi connectivity index (χ3n) is 4.18. The first-order chi connectivity index (χ1) is 12.2. The Morgan fingerprint density at radius 3 is 2.12 bits per heavy atom. The highest BCUT2D eigenvalue weighted by Gasteiger charge is 2.11. The molecule has 0 bridgehead atoms. The molecule has 0 unspecified atom stereocenters. The van der Waals surface area contributed by atoms with Crippen LogP contribution >= 0.6 is 0 Å². The first-order valence-corrected chi connectivity index (χ1v) is 7.99. The Bertz CT molecular complexity index is 1080. The summed E-state index contributed by atoms with van der Waals surface area (Å²) in [5.74, 6) is 0.0340. The summed E-state index contributed by atoms with van der Waals surface area (Å²) in [6, 6.07) is 24.2. The number of rotatable bonds is 2. The largest absolute Gasteiger partial charge is 0.506 e. The molecule has 0 atom stereocenters. The SMILES string of the molecule is O=C(Nc1cccc2ccccc12)Nc1c(O)ccc2ccccc12. The Kier molecular flexibility index (Phi) is 3.71. The van der Waals surface area contributed by atoms with Crippen LogP contribution in [0.25, 0.3) is 21.5 Å². The van der Waals surface area contributed by atoms with E-state index in [1.165, 1.54) is 0 Å². The van der Waals surface area contributed by atoms with Gasteiger partial charge in [0.15, 0.2) is 0 Å². The van der Waals surface area contributed by atoms with Crippen LogP contribution in [0, 0.1) is 0 Å². The monoisotopic (exact) mass is 328 g/mol. The molecule has 4 aromatic rings. The minimum atomic E-state index is -0.400. The second kappa shape index (κ2) is 6.17. The molecule has 0 radical (unpaired) electrons. The van der Waals surface area contributed by atoms with E-state index in [0.717, 1.165) is 27.2 Å². The van der Waals surface area contributed by atoms with Crippen molar-refractivity contribution in [2.24, 2.45) is 0 Å². The minimum absolute atomic E-state index is 0.0340. The van der Waals surface area contributed by atoms with E-state index >= 15 is 0 Å². The highest BCUT2D eigenvalue weighted by molar-refractivity contribution is 6.10. The molecule has 4 rings (SSSR count). The standard InChI is InChI=1S/C21H16N2O2/c24-19-13-12-15-7-2-4-10-17(15)20(19)23-21(25)22-18-11-5-8-14-6-1-3-9-16(14)18/h1-13,24H,(H2,22,23,25). The van der Waals surface area contributed by atoms with Gasteiger partial charge in [0.05, 0.1) is 11.4 Å². The molecule has 4 heteroatoms. The molecule has 0 aliphatic carbocycles. The van der Waals surface area contributed by atoms with Crippen molar-refractivity contribution >= 4 is 39.0 Å². The Morgan fingerprint density at radius 2 is 1.32 bits per heavy atom. The molecule has 0 aliphatic rings. The summed E-state index contributed by atoms with van der Waals surface area (Å²) < 4.78 is 0. The number of phenolic OH excluding ortho intramolecular Hbond substituents is 1. The van der Waals surface area contributed by atoms with Crippen molar-refractivity contribution in [2.75, 3.05) is 10.6 Å². The number of anilines is 2. The number of phenols is 1. The molecular formula is C21H16N2O2. The second-order valence-electron chi connectivity index (χ2n) is 5.79. The zero-order valence-corrected chi connectivity index (χ0v) is 13.4. The molecule has 0 saturated heterocycles. The number of hydrogen-bond acceptors (Lipinski definition) is 2. The van der Waals surface area contributed by atoms with Crippen LogP contribution in [-0.2, 0) is 0 Å². The van der Waals surface area contributed by atoms with Crippen LogP contribution in [0.3, 0.4) is 0 Å². The molecule has 4 nitrogen and oxygen atoms in total. The van der Waals surface area contributed by atoms with Crippen LogP contribution in [0.4, 0.5) is 16.2 Å². The molecule has 122 valence electrons. The zero-order chi connectivity index (χ0) is 17.2. The number of urea groups is 1. The maximum absolute atomic E-state index is 12.5. The predicted octanol–water partition coefficient (Wildman–Crippen LogP) is 5.34. The Hall–Kier alpha value is -3.53. The molecule has 0 saturated carbocycles. The summed E-state index contributed by atoms with van der Waals surface area (Å²) in [7, 11) is 0. The van der Waals surface area contributed by atoms with Crippen molar-refractivity contribution in [3.8, 4) is 5.75 Å². The number of carbonyl (C=O) groups excluding carboxylic acids is 1. The molecule has 0 aliphatic heterocycles. The molecule has 25 heavy (non-hydrogen) atoms. The number of aromatic hydroxyl groups is 1. The maximum Gasteiger partial charge on any atom is 0.323 e. The van der Waals surface area contributed by atoms with Gasteiger partial charge in [0, 0.05) is 10.8 Å². The molecular weight excluding hydrogens is 312 g/mol. The van der Waals surface area contributed by atoms with Crippen LogP contribution in [0.5, 0.6) is 5.75 Å². The third kappa shape index (κ3) is 2.85. The van der Waals surface area contributed by atoms with Gasteiger partial charge < -0.3 is 15.7 Å². The van der Waals surface area contributed by atoms with Gasteiger partial charge in [-0.15, -0.1) is 0 Å². The summed E-state index contributed by atoms with van der Waals surface area (Å²) in [5.41, 5.74) is 1.12. The van der Waals surface area contributed by atoms with E-state index in [9.17, 15) is 9.90 Å². The average molecular weight is 328 g/mol. The van der Waals surface area contributed by atoms with Gasteiger partial charge >= 0.3 is 6.03 Å². The smallest absolute Gasteiger partial charge is 0.323 e. The number of fused-ring (bicyclic) bond motifs is 2. The quantitative estimate of drug-likeness (QED) is 0.435. The minimum Gasteiger partial charge on any atom is -0.506 e. The number of nitrogens with one attached hydrogen (secondary N) is 2. The maximum atomic E-state index is 12.5. The number of amides is 2. The van der Waals surface area contributed by atoms with Crippen molar-refractivity contribution in [1.82, 2.24) is 0 Å². The lowest BCUT2D eigenvalue weighted by molar-refractivity contribution is 0.262. The number of hydrogen-bond donors (Lipinski definition) is 3. The van der Waals surface area contributed by atoms with Gasteiger partial charge in [0.2, 0.25) is 0 Å². The Balaban J connectivity index is 1.66. The molecule has 4 aromatic carbocycles. The second-order valence-corrected chi connectivity index (χ2v) is 5.79.